The number of hydrogen-bond donors (Lipinski definition) is 9. The second kappa shape index (κ2) is 13.2. The lowest BCUT2D eigenvalue weighted by atomic mass is 9.84. The van der Waals surface area contributed by atoms with E-state index in [2.05, 4.69) is 5.32 Å². The molecule has 0 spiro atoms. The number of aliphatic hydroxyl groups excluding tert-OH is 4. The Kier molecular flexibility index (Phi) is 10.6. The number of alkyl halides is 1. The second-order valence-corrected chi connectivity index (χ2v) is 9.28. The third kappa shape index (κ3) is 6.94. The summed E-state index contributed by atoms with van der Waals surface area (Å²) in [5.74, 6) is -0.831. The van der Waals surface area contributed by atoms with Crippen molar-refractivity contribution in [2.24, 2.45) is 22.9 Å². The molecular weight excluding hydrogens is 497 g/mol. The Balaban J connectivity index is 1.82. The lowest BCUT2D eigenvalue weighted by molar-refractivity contribution is -0.302. The molecule has 0 aromatic heterocycles. The summed E-state index contributed by atoms with van der Waals surface area (Å²) in [4.78, 5) is 12.5. The van der Waals surface area contributed by atoms with E-state index >= 15 is 4.39 Å². The molecule has 2 aliphatic heterocycles. The van der Waals surface area contributed by atoms with Gasteiger partial charge in [-0.15, -0.1) is 0 Å². The van der Waals surface area contributed by atoms with Crippen LogP contribution in [-0.4, -0.2) is 119 Å². The first-order valence-electron chi connectivity index (χ1n) is 12.1. The largest absolute Gasteiger partial charge is 0.457 e. The normalized spacial score (nSPS) is 40.9. The zero-order valence-corrected chi connectivity index (χ0v) is 20.2. The Hall–Kier alpha value is -1.92. The van der Waals surface area contributed by atoms with E-state index in [1.165, 1.54) is 6.08 Å². The van der Waals surface area contributed by atoms with Crippen molar-refractivity contribution in [3.05, 3.63) is 24.2 Å². The molecule has 0 radical (unpaired) electrons. The van der Waals surface area contributed by atoms with Gasteiger partial charge in [0.2, 0.25) is 5.91 Å². The van der Waals surface area contributed by atoms with E-state index in [1.807, 2.05) is 0 Å². The fraction of sp³-hybridized carbons (Fsp3) is 0.773. The molecule has 12 atom stereocenters. The minimum Gasteiger partial charge on any atom is -0.457 e. The number of carbonyl (C=O) groups is 1. The predicted octanol–water partition coefficient (Wildman–Crippen LogP) is -4.46. The lowest BCUT2D eigenvalue weighted by Gasteiger charge is -2.46. The number of carbonyl (C=O) groups excluding carboxylic acids is 1. The summed E-state index contributed by atoms with van der Waals surface area (Å²) in [7, 11) is 0. The van der Waals surface area contributed by atoms with E-state index in [0.717, 1.165) is 0 Å². The average molecular weight is 536 g/mol. The molecule has 1 aliphatic carbocycles. The standard InChI is InChI=1S/C22H38FN5O9/c23-15-19(36-14-3-1-2-9(7-25)34-14)10(26)6-11(28-21(33)12(30)4-5-24)20(15)37-22-18(32)16(27)17(31)13(8-29)35-22/h1-3,9-13,15-20,22,29-32H,4-8,24-27H2,(H,28,33)/t9-,10-,11+,12-,13?,15?,16-,17-,18?,19?,20-,22+/m0/s1. The SMILES string of the molecule is NCC[C@H](O)C(=O)N[C@@H]1C[C@H](N)C(OC2=CC=C[C@@H](CN)O2)C(F)[C@H]1O[C@H]1OC(CO)[C@H](O)[C@H](N)C1O. The third-order valence-electron chi connectivity index (χ3n) is 6.58. The number of halogens is 1. The molecule has 0 bridgehead atoms. The van der Waals surface area contributed by atoms with Gasteiger partial charge in [0, 0.05) is 18.7 Å². The number of aliphatic hydroxyl groups is 4. The predicted molar refractivity (Wildman–Crippen MR) is 126 cm³/mol. The van der Waals surface area contributed by atoms with Crippen molar-refractivity contribution in [3.63, 3.8) is 0 Å². The van der Waals surface area contributed by atoms with Crippen molar-refractivity contribution in [1.29, 1.82) is 0 Å². The van der Waals surface area contributed by atoms with Crippen LogP contribution in [0, 0.1) is 0 Å². The molecule has 3 rings (SSSR count). The molecule has 212 valence electrons. The van der Waals surface area contributed by atoms with Crippen LogP contribution in [0.3, 0.4) is 0 Å². The molecule has 3 aliphatic rings. The van der Waals surface area contributed by atoms with Gasteiger partial charge in [-0.05, 0) is 25.5 Å². The van der Waals surface area contributed by atoms with Gasteiger partial charge in [-0.3, -0.25) is 4.79 Å². The highest BCUT2D eigenvalue weighted by Crippen LogP contribution is 2.32. The average Bonchev–Trinajstić information content (AvgIpc) is 2.88. The van der Waals surface area contributed by atoms with Crippen LogP contribution in [0.25, 0.3) is 0 Å². The first-order valence-corrected chi connectivity index (χ1v) is 12.1. The molecule has 37 heavy (non-hydrogen) atoms. The van der Waals surface area contributed by atoms with E-state index < -0.39 is 85.8 Å². The van der Waals surface area contributed by atoms with Crippen molar-refractivity contribution in [1.82, 2.24) is 5.32 Å². The van der Waals surface area contributed by atoms with Gasteiger partial charge in [0.15, 0.2) is 18.6 Å². The number of allylic oxidation sites excluding steroid dienone is 2. The maximum absolute atomic E-state index is 16.0. The highest BCUT2D eigenvalue weighted by molar-refractivity contribution is 5.80. The third-order valence-corrected chi connectivity index (χ3v) is 6.58. The van der Waals surface area contributed by atoms with E-state index in [1.54, 1.807) is 12.2 Å². The van der Waals surface area contributed by atoms with Crippen molar-refractivity contribution in [3.8, 4) is 0 Å². The van der Waals surface area contributed by atoms with Gasteiger partial charge in [-0.25, -0.2) is 4.39 Å². The maximum atomic E-state index is 16.0. The minimum atomic E-state index is -2.00. The van der Waals surface area contributed by atoms with Gasteiger partial charge in [-0.2, -0.15) is 0 Å². The van der Waals surface area contributed by atoms with Crippen LogP contribution in [0.4, 0.5) is 4.39 Å². The highest BCUT2D eigenvalue weighted by Gasteiger charge is 2.51. The molecule has 0 aromatic rings. The van der Waals surface area contributed by atoms with Crippen LogP contribution in [0.1, 0.15) is 12.8 Å². The first-order chi connectivity index (χ1) is 17.6. The smallest absolute Gasteiger partial charge is 0.280 e. The molecule has 0 aromatic carbocycles. The number of nitrogens with two attached hydrogens (primary N) is 4. The highest BCUT2D eigenvalue weighted by atomic mass is 19.1. The first kappa shape index (κ1) is 29.6. The minimum absolute atomic E-state index is 0.0138. The molecule has 2 fully saturated rings. The summed E-state index contributed by atoms with van der Waals surface area (Å²) in [5.41, 5.74) is 23.1. The molecule has 1 amide bonds. The Morgan fingerprint density at radius 2 is 1.97 bits per heavy atom. The summed E-state index contributed by atoms with van der Waals surface area (Å²) < 4.78 is 38.5. The van der Waals surface area contributed by atoms with Gasteiger partial charge in [0.25, 0.3) is 5.95 Å². The van der Waals surface area contributed by atoms with Gasteiger partial charge >= 0.3 is 0 Å². The van der Waals surface area contributed by atoms with Crippen LogP contribution >= 0.6 is 0 Å². The van der Waals surface area contributed by atoms with E-state index in [9.17, 15) is 25.2 Å². The topological polar surface area (TPSA) is 251 Å². The quantitative estimate of drug-likeness (QED) is 0.128. The number of ether oxygens (including phenoxy) is 4. The van der Waals surface area contributed by atoms with E-state index in [4.69, 9.17) is 41.9 Å². The maximum Gasteiger partial charge on any atom is 0.280 e. The van der Waals surface area contributed by atoms with Crippen molar-refractivity contribution in [2.45, 2.75) is 86.2 Å². The van der Waals surface area contributed by atoms with Crippen LogP contribution in [0.5, 0.6) is 0 Å². The van der Waals surface area contributed by atoms with Gasteiger partial charge in [0.05, 0.1) is 18.7 Å². The number of rotatable bonds is 10. The fourth-order valence-electron chi connectivity index (χ4n) is 4.43. The van der Waals surface area contributed by atoms with E-state index in [-0.39, 0.29) is 31.9 Å². The Bertz CT molecular complexity index is 821. The Labute approximate surface area is 213 Å². The van der Waals surface area contributed by atoms with Gasteiger partial charge < -0.3 is 67.6 Å². The number of amides is 1. The number of nitrogens with one attached hydrogen (secondary N) is 1. The van der Waals surface area contributed by atoms with Crippen LogP contribution in [0.15, 0.2) is 24.2 Å². The number of hydrogen-bond acceptors (Lipinski definition) is 13. The molecule has 4 unspecified atom stereocenters. The Morgan fingerprint density at radius 1 is 1.24 bits per heavy atom. The van der Waals surface area contributed by atoms with Crippen molar-refractivity contribution >= 4 is 5.91 Å². The molecular formula is C22H38FN5O9. The van der Waals surface area contributed by atoms with Crippen LogP contribution in [0.2, 0.25) is 0 Å². The molecule has 1 saturated heterocycles. The van der Waals surface area contributed by atoms with Crippen molar-refractivity contribution in [2.75, 3.05) is 19.7 Å². The molecule has 2 heterocycles. The van der Waals surface area contributed by atoms with Crippen LogP contribution < -0.4 is 28.3 Å². The monoisotopic (exact) mass is 535 g/mol. The summed E-state index contributed by atoms with van der Waals surface area (Å²) in [6.07, 6.45) is -7.81. The zero-order valence-electron chi connectivity index (χ0n) is 20.2. The lowest BCUT2D eigenvalue weighted by Crippen LogP contribution is -2.67. The summed E-state index contributed by atoms with van der Waals surface area (Å²) in [6.45, 7) is -0.444. The second-order valence-electron chi connectivity index (χ2n) is 9.28. The summed E-state index contributed by atoms with van der Waals surface area (Å²) in [6, 6.07) is -3.31. The Morgan fingerprint density at radius 3 is 2.62 bits per heavy atom. The molecule has 14 nitrogen and oxygen atoms in total. The van der Waals surface area contributed by atoms with Crippen LogP contribution in [-0.2, 0) is 23.7 Å². The molecule has 1 saturated carbocycles. The zero-order chi connectivity index (χ0) is 27.3. The summed E-state index contributed by atoms with van der Waals surface area (Å²) in [5, 5.41) is 42.7. The molecule has 15 heteroatoms. The fourth-order valence-corrected chi connectivity index (χ4v) is 4.43. The van der Waals surface area contributed by atoms with Gasteiger partial charge in [-0.1, -0.05) is 6.08 Å². The van der Waals surface area contributed by atoms with Crippen molar-refractivity contribution < 1.29 is 48.6 Å². The van der Waals surface area contributed by atoms with Gasteiger partial charge in [0.1, 0.15) is 36.6 Å². The molecule has 13 N–H and O–H groups in total. The van der Waals surface area contributed by atoms with E-state index in [0.29, 0.717) is 0 Å². The summed E-state index contributed by atoms with van der Waals surface area (Å²) >= 11 is 0.